The highest BCUT2D eigenvalue weighted by atomic mass is 35.5. The second-order valence-electron chi connectivity index (χ2n) is 8.28. The average Bonchev–Trinajstić information content (AvgIpc) is 3.12. The molecular formula is C27H20ClNO5. The summed E-state index contributed by atoms with van der Waals surface area (Å²) in [5.74, 6) is -0.906. The van der Waals surface area contributed by atoms with Crippen LogP contribution in [0.2, 0.25) is 5.02 Å². The molecule has 0 fully saturated rings. The number of fused-ring (bicyclic) bond motifs is 2. The van der Waals surface area contributed by atoms with Crippen LogP contribution < -0.4 is 10.3 Å². The van der Waals surface area contributed by atoms with Gasteiger partial charge in [0.15, 0.2) is 5.43 Å². The SMILES string of the molecule is COC(=O)c1ccc(C2c3c(oc4cc(C)c(C)cc4c3=O)C(=O)N2c2cccc(Cl)c2)cc1. The van der Waals surface area contributed by atoms with E-state index in [-0.39, 0.29) is 16.8 Å². The van der Waals surface area contributed by atoms with Crippen molar-refractivity contribution in [1.29, 1.82) is 0 Å². The number of hydrogen-bond donors (Lipinski definition) is 0. The Hall–Kier alpha value is -3.90. The van der Waals surface area contributed by atoms with Crippen LogP contribution in [0.3, 0.4) is 0 Å². The Morgan fingerprint density at radius 1 is 1.00 bits per heavy atom. The van der Waals surface area contributed by atoms with Crippen molar-refractivity contribution in [3.63, 3.8) is 0 Å². The third kappa shape index (κ3) is 3.38. The molecule has 34 heavy (non-hydrogen) atoms. The summed E-state index contributed by atoms with van der Waals surface area (Å²) >= 11 is 6.22. The van der Waals surface area contributed by atoms with Gasteiger partial charge in [-0.25, -0.2) is 4.79 Å². The Kier molecular flexibility index (Phi) is 5.25. The minimum atomic E-state index is -0.755. The summed E-state index contributed by atoms with van der Waals surface area (Å²) in [6.07, 6.45) is 0. The zero-order valence-electron chi connectivity index (χ0n) is 18.7. The molecule has 7 heteroatoms. The number of rotatable bonds is 3. The monoisotopic (exact) mass is 473 g/mol. The minimum Gasteiger partial charge on any atom is -0.465 e. The Balaban J connectivity index is 1.78. The number of methoxy groups -OCH3 is 1. The number of carbonyl (C=O) groups is 2. The van der Waals surface area contributed by atoms with E-state index in [9.17, 15) is 14.4 Å². The largest absolute Gasteiger partial charge is 0.465 e. The van der Waals surface area contributed by atoms with E-state index in [1.165, 1.54) is 12.0 Å². The predicted molar refractivity (Wildman–Crippen MR) is 130 cm³/mol. The van der Waals surface area contributed by atoms with E-state index in [0.29, 0.717) is 32.8 Å². The number of carbonyl (C=O) groups excluding carboxylic acids is 2. The van der Waals surface area contributed by atoms with Gasteiger partial charge in [-0.05, 0) is 73.0 Å². The lowest BCUT2D eigenvalue weighted by molar-refractivity contribution is 0.0600. The molecule has 1 aromatic heterocycles. The van der Waals surface area contributed by atoms with Crippen molar-refractivity contribution in [3.8, 4) is 0 Å². The van der Waals surface area contributed by atoms with E-state index in [1.807, 2.05) is 13.8 Å². The van der Waals surface area contributed by atoms with Gasteiger partial charge in [0.1, 0.15) is 5.58 Å². The van der Waals surface area contributed by atoms with Gasteiger partial charge in [-0.1, -0.05) is 29.8 Å². The average molecular weight is 474 g/mol. The molecule has 1 atom stereocenters. The van der Waals surface area contributed by atoms with E-state index < -0.39 is 17.9 Å². The maximum atomic E-state index is 13.7. The molecule has 0 bridgehead atoms. The standard InChI is InChI=1S/C27H20ClNO5/c1-14-11-20-21(12-15(14)2)34-25-22(24(20)30)23(16-7-9-17(10-8-16)27(32)33-3)29(26(25)31)19-6-4-5-18(28)13-19/h4-13,23H,1-3H3. The molecule has 0 spiro atoms. The van der Waals surface area contributed by atoms with Crippen LogP contribution in [-0.2, 0) is 4.74 Å². The van der Waals surface area contributed by atoms with E-state index in [4.69, 9.17) is 20.8 Å². The summed E-state index contributed by atoms with van der Waals surface area (Å²) in [5, 5.41) is 0.871. The van der Waals surface area contributed by atoms with Crippen molar-refractivity contribution in [1.82, 2.24) is 0 Å². The van der Waals surface area contributed by atoms with Gasteiger partial charge < -0.3 is 9.15 Å². The number of esters is 1. The first kappa shape index (κ1) is 21.9. The molecule has 0 saturated carbocycles. The summed E-state index contributed by atoms with van der Waals surface area (Å²) in [6, 6.07) is 16.3. The lowest BCUT2D eigenvalue weighted by atomic mass is 9.96. The van der Waals surface area contributed by atoms with Crippen molar-refractivity contribution < 1.29 is 18.7 Å². The Bertz CT molecular complexity index is 1540. The third-order valence-electron chi connectivity index (χ3n) is 6.22. The molecular weight excluding hydrogens is 454 g/mol. The second kappa shape index (κ2) is 8.15. The van der Waals surface area contributed by atoms with E-state index in [1.54, 1.807) is 60.7 Å². The first-order valence-corrected chi connectivity index (χ1v) is 11.0. The molecule has 0 aliphatic carbocycles. The Morgan fingerprint density at radius 3 is 2.38 bits per heavy atom. The number of amides is 1. The summed E-state index contributed by atoms with van der Waals surface area (Å²) in [4.78, 5) is 40.8. The first-order chi connectivity index (χ1) is 16.3. The summed E-state index contributed by atoms with van der Waals surface area (Å²) in [6.45, 7) is 3.85. The molecule has 2 heterocycles. The van der Waals surface area contributed by atoms with Gasteiger partial charge in [0, 0.05) is 10.7 Å². The number of anilines is 1. The quantitative estimate of drug-likeness (QED) is 0.362. The molecule has 1 aliphatic heterocycles. The number of nitrogens with zero attached hydrogens (tertiary/aromatic N) is 1. The first-order valence-electron chi connectivity index (χ1n) is 10.7. The minimum absolute atomic E-state index is 0.00257. The number of aryl methyl sites for hydroxylation is 2. The lowest BCUT2D eigenvalue weighted by Gasteiger charge is -2.25. The molecule has 1 aliphatic rings. The van der Waals surface area contributed by atoms with Gasteiger partial charge in [0.05, 0.1) is 29.7 Å². The Morgan fingerprint density at radius 2 is 1.71 bits per heavy atom. The Labute approximate surface area is 200 Å². The second-order valence-corrected chi connectivity index (χ2v) is 8.71. The fraction of sp³-hybridized carbons (Fsp3) is 0.148. The van der Waals surface area contributed by atoms with Crippen LogP contribution in [0.4, 0.5) is 5.69 Å². The molecule has 3 aromatic carbocycles. The van der Waals surface area contributed by atoms with Crippen LogP contribution in [-0.4, -0.2) is 19.0 Å². The molecule has 6 nitrogen and oxygen atoms in total. The van der Waals surface area contributed by atoms with Gasteiger partial charge >= 0.3 is 5.97 Å². The predicted octanol–water partition coefficient (Wildman–Crippen LogP) is 5.60. The zero-order valence-corrected chi connectivity index (χ0v) is 19.5. The van der Waals surface area contributed by atoms with Crippen molar-refractivity contribution in [2.45, 2.75) is 19.9 Å². The number of hydrogen-bond acceptors (Lipinski definition) is 5. The zero-order chi connectivity index (χ0) is 24.1. The number of ether oxygens (including phenoxy) is 1. The summed E-state index contributed by atoms with van der Waals surface area (Å²) < 4.78 is 10.8. The fourth-order valence-corrected chi connectivity index (χ4v) is 4.54. The van der Waals surface area contributed by atoms with Crippen molar-refractivity contribution >= 4 is 40.1 Å². The number of benzene rings is 3. The van der Waals surface area contributed by atoms with Gasteiger partial charge in [0.2, 0.25) is 5.76 Å². The highest BCUT2D eigenvalue weighted by Crippen LogP contribution is 2.42. The highest BCUT2D eigenvalue weighted by Gasteiger charge is 2.43. The molecule has 170 valence electrons. The molecule has 0 radical (unpaired) electrons. The summed E-state index contributed by atoms with van der Waals surface area (Å²) in [5.41, 5.74) is 3.81. The molecule has 1 amide bonds. The van der Waals surface area contributed by atoms with Gasteiger partial charge in [-0.2, -0.15) is 0 Å². The van der Waals surface area contributed by atoms with Crippen molar-refractivity contribution in [3.05, 3.63) is 109 Å². The topological polar surface area (TPSA) is 76.8 Å². The fourth-order valence-electron chi connectivity index (χ4n) is 4.36. The summed E-state index contributed by atoms with van der Waals surface area (Å²) in [7, 11) is 1.31. The van der Waals surface area contributed by atoms with Crippen molar-refractivity contribution in [2.75, 3.05) is 12.0 Å². The third-order valence-corrected chi connectivity index (χ3v) is 6.46. The molecule has 0 N–H and O–H groups in total. The maximum absolute atomic E-state index is 13.7. The van der Waals surface area contributed by atoms with Crippen LogP contribution in [0.5, 0.6) is 0 Å². The molecule has 4 aromatic rings. The van der Waals surface area contributed by atoms with Crippen LogP contribution in [0.25, 0.3) is 11.0 Å². The van der Waals surface area contributed by atoms with Gasteiger partial charge in [-0.15, -0.1) is 0 Å². The lowest BCUT2D eigenvalue weighted by Crippen LogP contribution is -2.29. The smallest absolute Gasteiger partial charge is 0.337 e. The van der Waals surface area contributed by atoms with Gasteiger partial charge in [0.25, 0.3) is 5.91 Å². The van der Waals surface area contributed by atoms with E-state index >= 15 is 0 Å². The van der Waals surface area contributed by atoms with E-state index in [2.05, 4.69) is 0 Å². The molecule has 1 unspecified atom stereocenters. The highest BCUT2D eigenvalue weighted by molar-refractivity contribution is 6.31. The maximum Gasteiger partial charge on any atom is 0.337 e. The normalized spacial score (nSPS) is 15.0. The van der Waals surface area contributed by atoms with E-state index in [0.717, 1.165) is 11.1 Å². The van der Waals surface area contributed by atoms with Crippen LogP contribution in [0.15, 0.2) is 69.9 Å². The number of halogens is 1. The van der Waals surface area contributed by atoms with Crippen LogP contribution in [0, 0.1) is 13.8 Å². The van der Waals surface area contributed by atoms with Crippen LogP contribution in [0.1, 0.15) is 49.2 Å². The van der Waals surface area contributed by atoms with Gasteiger partial charge in [-0.3, -0.25) is 14.5 Å². The van der Waals surface area contributed by atoms with Crippen molar-refractivity contribution in [2.24, 2.45) is 0 Å². The van der Waals surface area contributed by atoms with Crippen LogP contribution >= 0.6 is 11.6 Å². The molecule has 0 saturated heterocycles. The molecule has 5 rings (SSSR count).